The highest BCUT2D eigenvalue weighted by molar-refractivity contribution is 4.86. The van der Waals surface area contributed by atoms with Crippen LogP contribution in [0.3, 0.4) is 0 Å². The van der Waals surface area contributed by atoms with Gasteiger partial charge in [0, 0.05) is 25.2 Å². The second-order valence-corrected chi connectivity index (χ2v) is 4.66. The van der Waals surface area contributed by atoms with Crippen LogP contribution in [-0.4, -0.2) is 62.2 Å². The summed E-state index contributed by atoms with van der Waals surface area (Å²) < 4.78 is 0. The van der Waals surface area contributed by atoms with Crippen molar-refractivity contribution in [2.24, 2.45) is 0 Å². The van der Waals surface area contributed by atoms with Crippen LogP contribution >= 0.6 is 0 Å². The summed E-state index contributed by atoms with van der Waals surface area (Å²) in [5.41, 5.74) is 0. The van der Waals surface area contributed by atoms with Gasteiger partial charge in [-0.05, 0) is 40.0 Å². The van der Waals surface area contributed by atoms with Crippen LogP contribution < -0.4 is 5.32 Å². The lowest BCUT2D eigenvalue weighted by atomic mass is 10.2. The van der Waals surface area contributed by atoms with Gasteiger partial charge in [0.25, 0.3) is 0 Å². The Balaban J connectivity index is 1.72. The molecular formula is C10H21N3. The van der Waals surface area contributed by atoms with Crippen molar-refractivity contribution in [2.75, 3.05) is 40.3 Å². The minimum atomic E-state index is 0.751. The van der Waals surface area contributed by atoms with E-state index >= 15 is 0 Å². The first kappa shape index (κ1) is 9.44. The van der Waals surface area contributed by atoms with Gasteiger partial charge < -0.3 is 15.1 Å². The minimum Gasteiger partial charge on any atom is -0.309 e. The monoisotopic (exact) mass is 183 g/mol. The minimum absolute atomic E-state index is 0.751. The number of nitrogens with one attached hydrogen (secondary N) is 1. The van der Waals surface area contributed by atoms with Gasteiger partial charge in [0.15, 0.2) is 0 Å². The fraction of sp³-hybridized carbons (Fsp3) is 1.00. The quantitative estimate of drug-likeness (QED) is 0.649. The van der Waals surface area contributed by atoms with Crippen molar-refractivity contribution in [1.82, 2.24) is 15.1 Å². The van der Waals surface area contributed by atoms with E-state index in [1.54, 1.807) is 0 Å². The number of likely N-dealkylation sites (tertiary alicyclic amines) is 2. The molecule has 0 aliphatic carbocycles. The first-order chi connectivity index (χ1) is 6.24. The first-order valence-electron chi connectivity index (χ1n) is 5.37. The molecule has 2 atom stereocenters. The summed E-state index contributed by atoms with van der Waals surface area (Å²) in [6.07, 6.45) is 2.66. The van der Waals surface area contributed by atoms with Crippen LogP contribution in [0.25, 0.3) is 0 Å². The summed E-state index contributed by atoms with van der Waals surface area (Å²) in [6.45, 7) is 5.00. The van der Waals surface area contributed by atoms with E-state index in [-0.39, 0.29) is 0 Å². The molecule has 0 spiro atoms. The Morgan fingerprint density at radius 3 is 1.69 bits per heavy atom. The van der Waals surface area contributed by atoms with Gasteiger partial charge >= 0.3 is 0 Å². The van der Waals surface area contributed by atoms with Gasteiger partial charge in [-0.2, -0.15) is 0 Å². The Morgan fingerprint density at radius 1 is 0.923 bits per heavy atom. The number of likely N-dealkylation sites (N-methyl/N-ethyl adjacent to an activating group) is 2. The average Bonchev–Trinajstić information content (AvgIpc) is 2.62. The highest BCUT2D eigenvalue weighted by Gasteiger charge is 2.25. The fourth-order valence-electron chi connectivity index (χ4n) is 2.48. The van der Waals surface area contributed by atoms with E-state index in [0.29, 0.717) is 0 Å². The topological polar surface area (TPSA) is 18.5 Å². The molecule has 2 aliphatic rings. The molecule has 2 rings (SSSR count). The number of nitrogens with zero attached hydrogens (tertiary/aromatic N) is 2. The van der Waals surface area contributed by atoms with Crippen molar-refractivity contribution in [3.8, 4) is 0 Å². The second-order valence-electron chi connectivity index (χ2n) is 4.66. The molecule has 0 aromatic carbocycles. The Labute approximate surface area is 81.1 Å². The summed E-state index contributed by atoms with van der Waals surface area (Å²) in [6, 6.07) is 1.50. The van der Waals surface area contributed by atoms with Gasteiger partial charge in [0.2, 0.25) is 0 Å². The molecule has 13 heavy (non-hydrogen) atoms. The maximum Gasteiger partial charge on any atom is 0.0210 e. The molecule has 2 heterocycles. The largest absolute Gasteiger partial charge is 0.309 e. The Hall–Kier alpha value is -0.120. The van der Waals surface area contributed by atoms with E-state index in [2.05, 4.69) is 29.2 Å². The third kappa shape index (κ3) is 2.42. The van der Waals surface area contributed by atoms with E-state index in [0.717, 1.165) is 12.1 Å². The summed E-state index contributed by atoms with van der Waals surface area (Å²) in [7, 11) is 4.42. The molecule has 2 fully saturated rings. The molecule has 0 aromatic rings. The third-order valence-electron chi connectivity index (χ3n) is 3.25. The summed E-state index contributed by atoms with van der Waals surface area (Å²) in [4.78, 5) is 4.83. The van der Waals surface area contributed by atoms with Gasteiger partial charge in [-0.3, -0.25) is 0 Å². The van der Waals surface area contributed by atoms with Crippen molar-refractivity contribution in [3.63, 3.8) is 0 Å². The van der Waals surface area contributed by atoms with Crippen molar-refractivity contribution in [3.05, 3.63) is 0 Å². The highest BCUT2D eigenvalue weighted by atomic mass is 15.2. The summed E-state index contributed by atoms with van der Waals surface area (Å²) in [5, 5.41) is 3.76. The highest BCUT2D eigenvalue weighted by Crippen LogP contribution is 2.11. The van der Waals surface area contributed by atoms with Gasteiger partial charge in [0.05, 0.1) is 0 Å². The molecule has 0 aromatic heterocycles. The molecule has 3 heteroatoms. The average molecular weight is 183 g/mol. The Kier molecular flexibility index (Phi) is 2.86. The Bertz CT molecular complexity index is 154. The molecule has 2 saturated heterocycles. The predicted molar refractivity (Wildman–Crippen MR) is 54.9 cm³/mol. The van der Waals surface area contributed by atoms with Crippen LogP contribution in [0.15, 0.2) is 0 Å². The van der Waals surface area contributed by atoms with Crippen LogP contribution in [-0.2, 0) is 0 Å². The standard InChI is InChI=1S/C10H21N3/c1-12-5-3-9(7-12)11-10-4-6-13(2)8-10/h9-11H,3-8H2,1-2H3. The van der Waals surface area contributed by atoms with Crippen LogP contribution in [0.4, 0.5) is 0 Å². The van der Waals surface area contributed by atoms with E-state index in [1.807, 2.05) is 0 Å². The van der Waals surface area contributed by atoms with E-state index in [4.69, 9.17) is 0 Å². The lowest BCUT2D eigenvalue weighted by Crippen LogP contribution is -2.40. The zero-order valence-corrected chi connectivity index (χ0v) is 8.79. The molecule has 3 nitrogen and oxygen atoms in total. The molecular weight excluding hydrogens is 162 g/mol. The van der Waals surface area contributed by atoms with Crippen LogP contribution in [0, 0.1) is 0 Å². The summed E-state index contributed by atoms with van der Waals surface area (Å²) in [5.74, 6) is 0. The molecule has 0 radical (unpaired) electrons. The number of hydrogen-bond acceptors (Lipinski definition) is 3. The molecule has 0 bridgehead atoms. The molecule has 1 N–H and O–H groups in total. The number of hydrogen-bond donors (Lipinski definition) is 1. The van der Waals surface area contributed by atoms with Gasteiger partial charge in [0.1, 0.15) is 0 Å². The van der Waals surface area contributed by atoms with Crippen molar-refractivity contribution in [2.45, 2.75) is 24.9 Å². The van der Waals surface area contributed by atoms with E-state index in [1.165, 1.54) is 39.0 Å². The van der Waals surface area contributed by atoms with Crippen LogP contribution in [0.2, 0.25) is 0 Å². The third-order valence-corrected chi connectivity index (χ3v) is 3.25. The van der Waals surface area contributed by atoms with Crippen molar-refractivity contribution in [1.29, 1.82) is 0 Å². The lowest BCUT2D eigenvalue weighted by molar-refractivity contribution is 0.365. The summed E-state index contributed by atoms with van der Waals surface area (Å²) >= 11 is 0. The van der Waals surface area contributed by atoms with Crippen LogP contribution in [0.5, 0.6) is 0 Å². The maximum atomic E-state index is 3.76. The van der Waals surface area contributed by atoms with Gasteiger partial charge in [-0.15, -0.1) is 0 Å². The van der Waals surface area contributed by atoms with Crippen molar-refractivity contribution >= 4 is 0 Å². The lowest BCUT2D eigenvalue weighted by Gasteiger charge is -2.18. The maximum absolute atomic E-state index is 3.76. The Morgan fingerprint density at radius 2 is 1.38 bits per heavy atom. The zero-order chi connectivity index (χ0) is 9.26. The van der Waals surface area contributed by atoms with Crippen LogP contribution in [0.1, 0.15) is 12.8 Å². The van der Waals surface area contributed by atoms with Gasteiger partial charge in [-0.1, -0.05) is 0 Å². The molecule has 76 valence electrons. The fourth-order valence-corrected chi connectivity index (χ4v) is 2.48. The van der Waals surface area contributed by atoms with E-state index < -0.39 is 0 Å². The number of rotatable bonds is 2. The molecule has 0 saturated carbocycles. The van der Waals surface area contributed by atoms with Gasteiger partial charge in [-0.25, -0.2) is 0 Å². The zero-order valence-electron chi connectivity index (χ0n) is 8.79. The smallest absolute Gasteiger partial charge is 0.0210 e. The molecule has 2 aliphatic heterocycles. The van der Waals surface area contributed by atoms with E-state index in [9.17, 15) is 0 Å². The first-order valence-corrected chi connectivity index (χ1v) is 5.37. The predicted octanol–water partition coefficient (Wildman–Crippen LogP) is -0.0158. The molecule has 2 unspecified atom stereocenters. The molecule has 0 amide bonds. The van der Waals surface area contributed by atoms with Crippen molar-refractivity contribution < 1.29 is 0 Å². The normalized spacial score (nSPS) is 37.4. The second kappa shape index (κ2) is 3.95. The SMILES string of the molecule is CN1CCC(NC2CCN(C)C2)C1.